The van der Waals surface area contributed by atoms with Crippen molar-refractivity contribution in [2.45, 2.75) is 64.7 Å². The van der Waals surface area contributed by atoms with Crippen molar-refractivity contribution in [2.75, 3.05) is 5.32 Å². The van der Waals surface area contributed by atoms with Crippen molar-refractivity contribution in [2.24, 2.45) is 5.92 Å². The number of hydrogen-bond acceptors (Lipinski definition) is 3. The van der Waals surface area contributed by atoms with Crippen LogP contribution in [0, 0.1) is 25.6 Å². The first-order chi connectivity index (χ1) is 17.7. The highest BCUT2D eigenvalue weighted by Crippen LogP contribution is 2.40. The first-order valence-corrected chi connectivity index (χ1v) is 13.1. The fourth-order valence-corrected chi connectivity index (χ4v) is 5.61. The van der Waals surface area contributed by atoms with Crippen LogP contribution in [0.1, 0.15) is 73.2 Å². The molecule has 2 atom stereocenters. The van der Waals surface area contributed by atoms with Gasteiger partial charge >= 0.3 is 5.97 Å². The van der Waals surface area contributed by atoms with Crippen LogP contribution in [0.3, 0.4) is 0 Å². The summed E-state index contributed by atoms with van der Waals surface area (Å²) in [6.45, 7) is 5.55. The molecule has 0 bridgehead atoms. The number of halogens is 2. The molecule has 3 aromatic rings. The van der Waals surface area contributed by atoms with Gasteiger partial charge in [0.2, 0.25) is 5.91 Å². The molecule has 2 N–H and O–H groups in total. The minimum Gasteiger partial charge on any atom is -0.481 e. The number of amides is 1. The molecule has 194 valence electrons. The monoisotopic (exact) mass is 522 g/mol. The second-order valence-corrected chi connectivity index (χ2v) is 10.5. The van der Waals surface area contributed by atoms with Crippen LogP contribution >= 0.6 is 11.6 Å². The van der Waals surface area contributed by atoms with E-state index >= 15 is 4.39 Å². The third-order valence-electron chi connectivity index (χ3n) is 7.49. The molecule has 1 amide bonds. The highest BCUT2D eigenvalue weighted by atomic mass is 35.5. The third-order valence-corrected chi connectivity index (χ3v) is 7.87. The molecule has 1 saturated carbocycles. The number of nitrogens with one attached hydrogen (secondary N) is 1. The number of pyridine rings is 1. The summed E-state index contributed by atoms with van der Waals surface area (Å²) in [6.07, 6.45) is 5.52. The maximum absolute atomic E-state index is 15.4. The van der Waals surface area contributed by atoms with E-state index in [1.54, 1.807) is 25.3 Å². The zero-order valence-electron chi connectivity index (χ0n) is 21.4. The number of carbonyl (C=O) groups is 2. The zero-order valence-corrected chi connectivity index (χ0v) is 22.1. The van der Waals surface area contributed by atoms with Crippen LogP contribution in [0.25, 0.3) is 11.1 Å². The predicted molar refractivity (Wildman–Crippen MR) is 145 cm³/mol. The second kappa shape index (κ2) is 11.4. The van der Waals surface area contributed by atoms with Crippen LogP contribution in [0.4, 0.5) is 10.1 Å². The number of carboxylic acids is 1. The van der Waals surface area contributed by atoms with E-state index < -0.39 is 17.7 Å². The minimum absolute atomic E-state index is 0.0102. The Kier molecular flexibility index (Phi) is 8.28. The number of carboxylic acid groups (broad SMARTS) is 1. The standard InChI is InChI=1S/C30H32ClFN2O3/c1-17(13-28(35)36)23-9-6-10-27(18(23)2)34-30(37)29(20-7-4-5-8-20)21-11-12-24(26(32)15-21)22-14-25(31)19(3)33-16-22/h6,9-12,14-17,20,29H,4-5,7-8,13H2,1-3H3,(H,34,37)(H,35,36)/t17-,29+/m0/s1. The molecule has 7 heteroatoms. The van der Waals surface area contributed by atoms with Crippen molar-refractivity contribution in [1.82, 2.24) is 4.98 Å². The van der Waals surface area contributed by atoms with E-state index in [0.29, 0.717) is 33.1 Å². The Morgan fingerprint density at radius 3 is 2.54 bits per heavy atom. The van der Waals surface area contributed by atoms with Crippen molar-refractivity contribution in [3.63, 3.8) is 0 Å². The van der Waals surface area contributed by atoms with Crippen LogP contribution in [0.15, 0.2) is 48.7 Å². The van der Waals surface area contributed by atoms with Gasteiger partial charge in [-0.2, -0.15) is 0 Å². The molecule has 37 heavy (non-hydrogen) atoms. The number of benzene rings is 2. The average molecular weight is 523 g/mol. The van der Waals surface area contributed by atoms with E-state index in [1.807, 2.05) is 38.1 Å². The smallest absolute Gasteiger partial charge is 0.303 e. The van der Waals surface area contributed by atoms with Gasteiger partial charge in [0.25, 0.3) is 0 Å². The Morgan fingerprint density at radius 1 is 1.16 bits per heavy atom. The topological polar surface area (TPSA) is 79.3 Å². The molecule has 0 saturated heterocycles. The van der Waals surface area contributed by atoms with Crippen molar-refractivity contribution >= 4 is 29.2 Å². The van der Waals surface area contributed by atoms with Crippen LogP contribution in [-0.2, 0) is 9.59 Å². The Hall–Kier alpha value is -3.25. The molecule has 1 aliphatic carbocycles. The minimum atomic E-state index is -0.864. The summed E-state index contributed by atoms with van der Waals surface area (Å²) >= 11 is 6.20. The van der Waals surface area contributed by atoms with Gasteiger partial charge in [-0.1, -0.05) is 55.6 Å². The Morgan fingerprint density at radius 2 is 1.89 bits per heavy atom. The van der Waals surface area contributed by atoms with Crippen molar-refractivity contribution < 1.29 is 19.1 Å². The first-order valence-electron chi connectivity index (χ1n) is 12.7. The Labute approximate surface area is 222 Å². The van der Waals surface area contributed by atoms with Gasteiger partial charge in [0.05, 0.1) is 23.1 Å². The SMILES string of the molecule is Cc1ncc(-c2ccc([C@H](C(=O)Nc3cccc([C@@H](C)CC(=O)O)c3C)C3CCCC3)cc2F)cc1Cl. The van der Waals surface area contributed by atoms with Crippen LogP contribution < -0.4 is 5.32 Å². The van der Waals surface area contributed by atoms with Gasteiger partial charge in [0, 0.05) is 23.0 Å². The van der Waals surface area contributed by atoms with Gasteiger partial charge < -0.3 is 10.4 Å². The normalized spacial score (nSPS) is 15.4. The maximum Gasteiger partial charge on any atom is 0.303 e. The number of hydrogen-bond donors (Lipinski definition) is 2. The van der Waals surface area contributed by atoms with Gasteiger partial charge in [-0.05, 0) is 73.4 Å². The molecule has 1 fully saturated rings. The highest BCUT2D eigenvalue weighted by molar-refractivity contribution is 6.31. The molecule has 1 aliphatic rings. The Balaban J connectivity index is 1.64. The van der Waals surface area contributed by atoms with E-state index in [0.717, 1.165) is 36.8 Å². The summed E-state index contributed by atoms with van der Waals surface area (Å²) in [4.78, 5) is 29.2. The van der Waals surface area contributed by atoms with Crippen molar-refractivity contribution in [3.05, 3.63) is 81.9 Å². The Bertz CT molecular complexity index is 1320. The van der Waals surface area contributed by atoms with Gasteiger partial charge in [-0.25, -0.2) is 4.39 Å². The molecule has 1 aromatic heterocycles. The lowest BCUT2D eigenvalue weighted by molar-refractivity contribution is -0.137. The first kappa shape index (κ1) is 26.8. The number of anilines is 1. The largest absolute Gasteiger partial charge is 0.481 e. The van der Waals surface area contributed by atoms with E-state index in [1.165, 1.54) is 6.07 Å². The number of rotatable bonds is 8. The van der Waals surface area contributed by atoms with Crippen molar-refractivity contribution in [1.29, 1.82) is 0 Å². The third kappa shape index (κ3) is 6.02. The molecule has 0 radical (unpaired) electrons. The van der Waals surface area contributed by atoms with E-state index in [-0.39, 0.29) is 24.2 Å². The van der Waals surface area contributed by atoms with Gasteiger partial charge in [0.15, 0.2) is 0 Å². The molecule has 0 aliphatic heterocycles. The number of aliphatic carboxylic acids is 1. The van der Waals surface area contributed by atoms with E-state index in [9.17, 15) is 14.7 Å². The molecule has 1 heterocycles. The summed E-state index contributed by atoms with van der Waals surface area (Å²) in [6, 6.07) is 12.2. The van der Waals surface area contributed by atoms with E-state index in [4.69, 9.17) is 11.6 Å². The second-order valence-electron chi connectivity index (χ2n) is 10.1. The number of nitrogens with zero attached hydrogens (tertiary/aromatic N) is 1. The molecular formula is C30H32ClFN2O3. The lowest BCUT2D eigenvalue weighted by Gasteiger charge is -2.25. The van der Waals surface area contributed by atoms with Gasteiger partial charge in [-0.15, -0.1) is 0 Å². The fourth-order valence-electron chi connectivity index (χ4n) is 5.45. The zero-order chi connectivity index (χ0) is 26.7. The summed E-state index contributed by atoms with van der Waals surface area (Å²) in [7, 11) is 0. The highest BCUT2D eigenvalue weighted by Gasteiger charge is 2.33. The maximum atomic E-state index is 15.4. The molecular weight excluding hydrogens is 491 g/mol. The molecule has 5 nitrogen and oxygen atoms in total. The summed E-state index contributed by atoms with van der Waals surface area (Å²) in [5.41, 5.74) is 4.68. The molecule has 0 spiro atoms. The number of aryl methyl sites for hydroxylation is 1. The summed E-state index contributed by atoms with van der Waals surface area (Å²) in [5, 5.41) is 12.8. The van der Waals surface area contributed by atoms with Crippen LogP contribution in [0.2, 0.25) is 5.02 Å². The predicted octanol–water partition coefficient (Wildman–Crippen LogP) is 7.65. The quantitative estimate of drug-likeness (QED) is 0.318. The average Bonchev–Trinajstić information content (AvgIpc) is 3.36. The van der Waals surface area contributed by atoms with E-state index in [2.05, 4.69) is 10.3 Å². The van der Waals surface area contributed by atoms with Gasteiger partial charge in [-0.3, -0.25) is 14.6 Å². The van der Waals surface area contributed by atoms with Gasteiger partial charge in [0.1, 0.15) is 5.82 Å². The lowest BCUT2D eigenvalue weighted by atomic mass is 9.83. The van der Waals surface area contributed by atoms with Crippen molar-refractivity contribution in [3.8, 4) is 11.1 Å². The fraction of sp³-hybridized carbons (Fsp3) is 0.367. The lowest BCUT2D eigenvalue weighted by Crippen LogP contribution is -2.27. The number of carbonyl (C=O) groups excluding carboxylic acids is 1. The number of aromatic nitrogens is 1. The molecule has 0 unspecified atom stereocenters. The van der Waals surface area contributed by atoms with Crippen LogP contribution in [-0.4, -0.2) is 22.0 Å². The summed E-state index contributed by atoms with van der Waals surface area (Å²) in [5.74, 6) is -2.02. The van der Waals surface area contributed by atoms with Crippen LogP contribution in [0.5, 0.6) is 0 Å². The molecule has 2 aromatic carbocycles. The summed E-state index contributed by atoms with van der Waals surface area (Å²) < 4.78 is 15.4. The molecule has 4 rings (SSSR count).